The van der Waals surface area contributed by atoms with Crippen LogP contribution in [-0.2, 0) is 10.8 Å². The first kappa shape index (κ1) is 16.2. The van der Waals surface area contributed by atoms with Gasteiger partial charge in [-0.1, -0.05) is 31.2 Å². The van der Waals surface area contributed by atoms with E-state index in [-0.39, 0.29) is 11.9 Å². The van der Waals surface area contributed by atoms with Crippen molar-refractivity contribution in [2.24, 2.45) is 0 Å². The molecule has 0 saturated carbocycles. The molecule has 0 heterocycles. The second kappa shape index (κ2) is 6.71. The highest BCUT2D eigenvalue weighted by molar-refractivity contribution is 6.71. The maximum atomic E-state index is 12.3. The highest BCUT2D eigenvalue weighted by Crippen LogP contribution is 2.38. The van der Waals surface area contributed by atoms with Crippen molar-refractivity contribution < 1.29 is 9.22 Å². The summed E-state index contributed by atoms with van der Waals surface area (Å²) in [5.74, 6) is 0.236. The lowest BCUT2D eigenvalue weighted by atomic mass is 9.97. The first-order chi connectivity index (χ1) is 9.98. The molecule has 21 heavy (non-hydrogen) atoms. The van der Waals surface area contributed by atoms with Crippen LogP contribution < -0.4 is 0 Å². The Kier molecular flexibility index (Phi) is 5.17. The van der Waals surface area contributed by atoms with Crippen molar-refractivity contribution in [1.29, 1.82) is 0 Å². The summed E-state index contributed by atoms with van der Waals surface area (Å²) < 4.78 is 6.40. The zero-order valence-electron chi connectivity index (χ0n) is 13.4. The standard InChI is InChI=1S/C18H26O2Si/c1-5-7-11-17(19)15-9-8-10-16-14(15)12-13-18(16)20-21(3,4)6-2/h5,8-10,18H,1,6-7,11-13H2,2-4H3/t18-/m0/s1. The molecule has 0 amide bonds. The minimum atomic E-state index is -1.57. The highest BCUT2D eigenvalue weighted by Gasteiger charge is 2.31. The van der Waals surface area contributed by atoms with Crippen LogP contribution in [0.15, 0.2) is 30.9 Å². The van der Waals surface area contributed by atoms with Gasteiger partial charge >= 0.3 is 0 Å². The van der Waals surface area contributed by atoms with E-state index in [4.69, 9.17) is 4.43 Å². The smallest absolute Gasteiger partial charge is 0.187 e. The SMILES string of the molecule is C=CCCC(=O)c1cccc2c1CC[C@@H]2O[Si](C)(C)CC. The van der Waals surface area contributed by atoms with Crippen molar-refractivity contribution in [1.82, 2.24) is 0 Å². The van der Waals surface area contributed by atoms with Gasteiger partial charge in [0.25, 0.3) is 0 Å². The number of Topliss-reactive ketones (excluding diaryl/α,β-unsaturated/α-hetero) is 1. The third kappa shape index (κ3) is 3.72. The molecule has 0 aliphatic heterocycles. The Bertz CT molecular complexity index is 534. The summed E-state index contributed by atoms with van der Waals surface area (Å²) in [7, 11) is -1.57. The van der Waals surface area contributed by atoms with Crippen LogP contribution >= 0.6 is 0 Å². The van der Waals surface area contributed by atoms with Gasteiger partial charge in [0.1, 0.15) is 0 Å². The van der Waals surface area contributed by atoms with E-state index < -0.39 is 8.32 Å². The number of allylic oxidation sites excluding steroid dienone is 1. The minimum Gasteiger partial charge on any atom is -0.410 e. The van der Waals surface area contributed by atoms with Crippen molar-refractivity contribution in [3.8, 4) is 0 Å². The van der Waals surface area contributed by atoms with Crippen LogP contribution in [0, 0.1) is 0 Å². The Hall–Kier alpha value is -1.19. The van der Waals surface area contributed by atoms with E-state index in [1.165, 1.54) is 11.1 Å². The summed E-state index contributed by atoms with van der Waals surface area (Å²) in [6.45, 7) is 10.4. The molecule has 1 aliphatic carbocycles. The van der Waals surface area contributed by atoms with Gasteiger partial charge in [0.05, 0.1) is 6.10 Å². The summed E-state index contributed by atoms with van der Waals surface area (Å²) >= 11 is 0. The molecule has 1 atom stereocenters. The van der Waals surface area contributed by atoms with Gasteiger partial charge in [0, 0.05) is 12.0 Å². The molecule has 114 valence electrons. The van der Waals surface area contributed by atoms with Crippen molar-refractivity contribution >= 4 is 14.1 Å². The monoisotopic (exact) mass is 302 g/mol. The molecule has 0 N–H and O–H groups in total. The van der Waals surface area contributed by atoms with Crippen LogP contribution in [0.1, 0.15) is 53.8 Å². The number of ketones is 1. The Morgan fingerprint density at radius 2 is 2.24 bits per heavy atom. The quantitative estimate of drug-likeness (QED) is 0.399. The van der Waals surface area contributed by atoms with Gasteiger partial charge in [0.15, 0.2) is 14.1 Å². The second-order valence-electron chi connectivity index (χ2n) is 6.38. The maximum Gasteiger partial charge on any atom is 0.187 e. The number of hydrogen-bond donors (Lipinski definition) is 0. The molecule has 0 aromatic heterocycles. The van der Waals surface area contributed by atoms with Crippen LogP contribution in [0.3, 0.4) is 0 Å². The number of rotatable bonds is 7. The third-order valence-corrected chi connectivity index (χ3v) is 7.03. The Labute approximate surface area is 129 Å². The van der Waals surface area contributed by atoms with Crippen molar-refractivity contribution in [3.63, 3.8) is 0 Å². The van der Waals surface area contributed by atoms with Crippen LogP contribution in [0.5, 0.6) is 0 Å². The highest BCUT2D eigenvalue weighted by atomic mass is 28.4. The molecule has 0 radical (unpaired) electrons. The zero-order valence-corrected chi connectivity index (χ0v) is 14.4. The van der Waals surface area contributed by atoms with Crippen molar-refractivity contribution in [2.45, 2.75) is 57.8 Å². The predicted octanol–water partition coefficient (Wildman–Crippen LogP) is 5.06. The number of carbonyl (C=O) groups excluding carboxylic acids is 1. The maximum absolute atomic E-state index is 12.3. The largest absolute Gasteiger partial charge is 0.410 e. The molecule has 3 heteroatoms. The van der Waals surface area contributed by atoms with Gasteiger partial charge in [0.2, 0.25) is 0 Å². The number of carbonyl (C=O) groups is 1. The number of fused-ring (bicyclic) bond motifs is 1. The fourth-order valence-corrected chi connectivity index (χ4v) is 4.02. The van der Waals surface area contributed by atoms with Crippen molar-refractivity contribution in [2.75, 3.05) is 0 Å². The third-order valence-electron chi connectivity index (χ3n) is 4.40. The molecule has 1 aromatic rings. The molecule has 2 nitrogen and oxygen atoms in total. The van der Waals surface area contributed by atoms with Gasteiger partial charge in [-0.3, -0.25) is 4.79 Å². The Morgan fingerprint density at radius 1 is 1.48 bits per heavy atom. The van der Waals surface area contributed by atoms with Gasteiger partial charge in [-0.25, -0.2) is 0 Å². The summed E-state index contributed by atoms with van der Waals surface area (Å²) in [6, 6.07) is 7.23. The predicted molar refractivity (Wildman–Crippen MR) is 90.3 cm³/mol. The average Bonchev–Trinajstić information content (AvgIpc) is 2.87. The van der Waals surface area contributed by atoms with E-state index in [0.717, 1.165) is 30.9 Å². The van der Waals surface area contributed by atoms with Gasteiger partial charge in [-0.2, -0.15) is 0 Å². The lowest BCUT2D eigenvalue weighted by Gasteiger charge is -2.26. The molecule has 0 saturated heterocycles. The molecule has 0 bridgehead atoms. The van der Waals surface area contributed by atoms with Gasteiger partial charge < -0.3 is 4.43 Å². The average molecular weight is 302 g/mol. The van der Waals surface area contributed by atoms with Crippen LogP contribution in [0.25, 0.3) is 0 Å². The lowest BCUT2D eigenvalue weighted by molar-refractivity contribution is 0.0983. The number of benzene rings is 1. The number of hydrogen-bond acceptors (Lipinski definition) is 2. The van der Waals surface area contributed by atoms with E-state index in [0.29, 0.717) is 6.42 Å². The molecule has 0 fully saturated rings. The molecular weight excluding hydrogens is 276 g/mol. The fraction of sp³-hybridized carbons (Fsp3) is 0.500. The van der Waals surface area contributed by atoms with Crippen molar-refractivity contribution in [3.05, 3.63) is 47.5 Å². The summed E-state index contributed by atoms with van der Waals surface area (Å²) in [5.41, 5.74) is 3.36. The Balaban J connectivity index is 2.22. The first-order valence-corrected chi connectivity index (χ1v) is 11.0. The Morgan fingerprint density at radius 3 is 2.90 bits per heavy atom. The lowest BCUT2D eigenvalue weighted by Crippen LogP contribution is -2.30. The van der Waals surface area contributed by atoms with E-state index in [9.17, 15) is 4.79 Å². The fourth-order valence-electron chi connectivity index (χ4n) is 2.84. The topological polar surface area (TPSA) is 26.3 Å². The van der Waals surface area contributed by atoms with Crippen LogP contribution in [-0.4, -0.2) is 14.1 Å². The zero-order chi connectivity index (χ0) is 15.5. The van der Waals surface area contributed by atoms with Crippen LogP contribution in [0.4, 0.5) is 0 Å². The van der Waals surface area contributed by atoms with Crippen LogP contribution in [0.2, 0.25) is 19.1 Å². The van der Waals surface area contributed by atoms with E-state index in [1.54, 1.807) is 0 Å². The second-order valence-corrected chi connectivity index (χ2v) is 10.8. The van der Waals surface area contributed by atoms with Gasteiger partial charge in [-0.05, 0) is 49.5 Å². The molecular formula is C18H26O2Si. The van der Waals surface area contributed by atoms with Gasteiger partial charge in [-0.15, -0.1) is 6.58 Å². The summed E-state index contributed by atoms with van der Waals surface area (Å²) in [6.07, 6.45) is 5.27. The molecule has 2 rings (SSSR count). The normalized spacial score (nSPS) is 17.6. The first-order valence-electron chi connectivity index (χ1n) is 7.92. The van der Waals surface area contributed by atoms with E-state index in [2.05, 4.69) is 32.7 Å². The molecule has 1 aromatic carbocycles. The molecule has 0 unspecified atom stereocenters. The molecule has 0 spiro atoms. The van der Waals surface area contributed by atoms with E-state index >= 15 is 0 Å². The summed E-state index contributed by atoms with van der Waals surface area (Å²) in [4.78, 5) is 12.3. The molecule has 1 aliphatic rings. The van der Waals surface area contributed by atoms with E-state index in [1.807, 2.05) is 18.2 Å². The summed E-state index contributed by atoms with van der Waals surface area (Å²) in [5, 5.41) is 0. The minimum absolute atomic E-state index is 0.189.